The van der Waals surface area contributed by atoms with E-state index in [0.717, 1.165) is 0 Å². The van der Waals surface area contributed by atoms with Crippen LogP contribution in [0, 0.1) is 0 Å². The van der Waals surface area contributed by atoms with Gasteiger partial charge in [-0.3, -0.25) is 0 Å². The Morgan fingerprint density at radius 1 is 0.917 bits per heavy atom. The van der Waals surface area contributed by atoms with E-state index in [1.165, 1.54) is 0 Å². The molecule has 0 aromatic rings. The van der Waals surface area contributed by atoms with Crippen molar-refractivity contribution in [2.45, 2.75) is 0 Å². The van der Waals surface area contributed by atoms with Crippen molar-refractivity contribution in [1.29, 1.82) is 0 Å². The maximum Gasteiger partial charge on any atom is 0.0814 e. The Balaban J connectivity index is 0. The molecule has 1 N–H and O–H groups in total. The summed E-state index contributed by atoms with van der Waals surface area (Å²) in [7, 11) is 1.63. The fraction of sp³-hybridized carbons (Fsp3) is 1.00. The second-order valence-electron chi connectivity index (χ2n) is 1.94. The number of hydrogen-bond donors (Lipinski definition) is 1. The molecule has 0 rings (SSSR count). The Labute approximate surface area is 75.4 Å². The molecule has 4 nitrogen and oxygen atoms in total. The van der Waals surface area contributed by atoms with Gasteiger partial charge >= 0.3 is 0 Å². The van der Waals surface area contributed by atoms with Crippen molar-refractivity contribution in [1.82, 2.24) is 0 Å². The Morgan fingerprint density at radius 2 is 1.42 bits per heavy atom. The average Bonchev–Trinajstić information content (AvgIpc) is 2.03. The second kappa shape index (κ2) is 13.5. The highest BCUT2D eigenvalue weighted by atomic mass is 16.5. The third kappa shape index (κ3) is 12.6. The zero-order valence-corrected chi connectivity index (χ0v) is 6.91. The Hall–Kier alpha value is -0.0951. The van der Waals surface area contributed by atoms with E-state index in [-0.39, 0.29) is 15.0 Å². The fourth-order valence-electron chi connectivity index (χ4n) is 0.529. The minimum atomic E-state index is 0. The SMILES string of the molecule is B.COCCOCCOCCO. The molecule has 0 saturated heterocycles. The summed E-state index contributed by atoms with van der Waals surface area (Å²) in [4.78, 5) is 0. The molecule has 0 amide bonds. The lowest BCUT2D eigenvalue weighted by Crippen LogP contribution is -2.09. The molecule has 0 aliphatic rings. The van der Waals surface area contributed by atoms with Gasteiger partial charge in [0.25, 0.3) is 0 Å². The fourth-order valence-corrected chi connectivity index (χ4v) is 0.529. The normalized spacial score (nSPS) is 9.50. The van der Waals surface area contributed by atoms with Crippen LogP contribution in [0.15, 0.2) is 0 Å². The molecule has 0 saturated carbocycles. The summed E-state index contributed by atoms with van der Waals surface area (Å²) in [6, 6.07) is 0. The van der Waals surface area contributed by atoms with E-state index in [1.54, 1.807) is 7.11 Å². The molecule has 0 bridgehead atoms. The quantitative estimate of drug-likeness (QED) is 0.362. The smallest absolute Gasteiger partial charge is 0.0814 e. The molecule has 0 atom stereocenters. The minimum absolute atomic E-state index is 0. The highest BCUT2D eigenvalue weighted by Crippen LogP contribution is 1.78. The minimum Gasteiger partial charge on any atom is -0.394 e. The van der Waals surface area contributed by atoms with Gasteiger partial charge < -0.3 is 19.3 Å². The van der Waals surface area contributed by atoms with Crippen molar-refractivity contribution in [2.75, 3.05) is 46.8 Å². The van der Waals surface area contributed by atoms with Gasteiger partial charge in [0, 0.05) is 7.11 Å². The van der Waals surface area contributed by atoms with Gasteiger partial charge in [-0.15, -0.1) is 0 Å². The summed E-state index contributed by atoms with van der Waals surface area (Å²) in [5.41, 5.74) is 0. The largest absolute Gasteiger partial charge is 0.394 e. The predicted molar refractivity (Wildman–Crippen MR) is 50.5 cm³/mol. The zero-order chi connectivity index (χ0) is 8.36. The van der Waals surface area contributed by atoms with Gasteiger partial charge in [0.1, 0.15) is 0 Å². The molecular weight excluding hydrogens is 159 g/mol. The number of ether oxygens (including phenoxy) is 3. The van der Waals surface area contributed by atoms with Crippen LogP contribution in [-0.4, -0.2) is 60.3 Å². The van der Waals surface area contributed by atoms with E-state index in [1.807, 2.05) is 0 Å². The molecule has 0 aromatic heterocycles. The van der Waals surface area contributed by atoms with E-state index in [2.05, 4.69) is 0 Å². The summed E-state index contributed by atoms with van der Waals surface area (Å²) in [5.74, 6) is 0. The van der Waals surface area contributed by atoms with Crippen LogP contribution in [0.25, 0.3) is 0 Å². The Bertz CT molecular complexity index is 64.4. The number of aliphatic hydroxyl groups excluding tert-OH is 1. The molecule has 0 radical (unpaired) electrons. The van der Waals surface area contributed by atoms with Gasteiger partial charge in [0.2, 0.25) is 0 Å². The molecule has 0 aliphatic carbocycles. The summed E-state index contributed by atoms with van der Waals surface area (Å²) in [5, 5.41) is 8.32. The predicted octanol–water partition coefficient (Wildman–Crippen LogP) is -1.53. The highest BCUT2D eigenvalue weighted by molar-refractivity contribution is 5.75. The first-order valence-corrected chi connectivity index (χ1v) is 3.67. The Morgan fingerprint density at radius 3 is 1.92 bits per heavy atom. The van der Waals surface area contributed by atoms with E-state index in [0.29, 0.717) is 33.0 Å². The lowest BCUT2D eigenvalue weighted by molar-refractivity contribution is 0.0159. The lowest BCUT2D eigenvalue weighted by Gasteiger charge is -2.03. The third-order valence-electron chi connectivity index (χ3n) is 1.04. The van der Waals surface area contributed by atoms with Gasteiger partial charge in [-0.2, -0.15) is 0 Å². The van der Waals surface area contributed by atoms with Crippen molar-refractivity contribution in [3.8, 4) is 0 Å². The molecule has 74 valence electrons. The molecule has 12 heavy (non-hydrogen) atoms. The van der Waals surface area contributed by atoms with Crippen molar-refractivity contribution in [2.24, 2.45) is 0 Å². The summed E-state index contributed by atoms with van der Waals surface area (Å²) in [6.07, 6.45) is 0. The number of rotatable bonds is 8. The topological polar surface area (TPSA) is 47.9 Å². The standard InChI is InChI=1S/C7H16O4.BH3/c1-9-4-5-11-7-6-10-3-2-8;/h8H,2-7H2,1H3;1H3. The second-order valence-corrected chi connectivity index (χ2v) is 1.94. The van der Waals surface area contributed by atoms with E-state index >= 15 is 0 Å². The maximum atomic E-state index is 8.32. The summed E-state index contributed by atoms with van der Waals surface area (Å²) < 4.78 is 14.8. The highest BCUT2D eigenvalue weighted by Gasteiger charge is 1.87. The first-order chi connectivity index (χ1) is 5.41. The molecule has 0 spiro atoms. The lowest BCUT2D eigenvalue weighted by atomic mass is 10.7. The van der Waals surface area contributed by atoms with Gasteiger partial charge in [-0.1, -0.05) is 0 Å². The molecule has 0 aliphatic heterocycles. The monoisotopic (exact) mass is 178 g/mol. The van der Waals surface area contributed by atoms with Crippen molar-refractivity contribution in [3.63, 3.8) is 0 Å². The first kappa shape index (κ1) is 14.4. The zero-order valence-electron chi connectivity index (χ0n) is 6.91. The van der Waals surface area contributed by atoms with Crippen LogP contribution in [-0.2, 0) is 14.2 Å². The molecule has 5 heteroatoms. The number of aliphatic hydroxyl groups is 1. The third-order valence-corrected chi connectivity index (χ3v) is 1.04. The van der Waals surface area contributed by atoms with Crippen LogP contribution in [0.1, 0.15) is 0 Å². The van der Waals surface area contributed by atoms with Crippen molar-refractivity contribution < 1.29 is 19.3 Å². The van der Waals surface area contributed by atoms with Crippen molar-refractivity contribution in [3.05, 3.63) is 0 Å². The average molecular weight is 178 g/mol. The first-order valence-electron chi connectivity index (χ1n) is 3.67. The van der Waals surface area contributed by atoms with Crippen LogP contribution in [0.2, 0.25) is 0 Å². The van der Waals surface area contributed by atoms with Gasteiger partial charge in [0.05, 0.1) is 48.1 Å². The summed E-state index contributed by atoms with van der Waals surface area (Å²) >= 11 is 0. The van der Waals surface area contributed by atoms with Gasteiger partial charge in [-0.05, 0) is 0 Å². The molecule has 0 aromatic carbocycles. The van der Waals surface area contributed by atoms with Gasteiger partial charge in [0.15, 0.2) is 0 Å². The summed E-state index contributed by atoms with van der Waals surface area (Å²) in [6.45, 7) is 2.75. The van der Waals surface area contributed by atoms with E-state index < -0.39 is 0 Å². The number of methoxy groups -OCH3 is 1. The van der Waals surface area contributed by atoms with Gasteiger partial charge in [-0.25, -0.2) is 0 Å². The van der Waals surface area contributed by atoms with Crippen molar-refractivity contribution >= 4 is 8.41 Å². The van der Waals surface area contributed by atoms with E-state index in [9.17, 15) is 0 Å². The number of hydrogen-bond acceptors (Lipinski definition) is 4. The van der Waals surface area contributed by atoms with Crippen LogP contribution < -0.4 is 0 Å². The molecule has 0 heterocycles. The Kier molecular flexibility index (Phi) is 16.2. The molecule has 0 unspecified atom stereocenters. The van der Waals surface area contributed by atoms with Crippen LogP contribution in [0.3, 0.4) is 0 Å². The van der Waals surface area contributed by atoms with E-state index in [4.69, 9.17) is 19.3 Å². The molecule has 0 fully saturated rings. The van der Waals surface area contributed by atoms with Crippen LogP contribution in [0.5, 0.6) is 0 Å². The molecular formula is C7H19BO4. The van der Waals surface area contributed by atoms with Crippen LogP contribution >= 0.6 is 0 Å². The maximum absolute atomic E-state index is 8.32. The van der Waals surface area contributed by atoms with Crippen LogP contribution in [0.4, 0.5) is 0 Å².